The van der Waals surface area contributed by atoms with Crippen LogP contribution in [-0.4, -0.2) is 23.4 Å². The summed E-state index contributed by atoms with van der Waals surface area (Å²) in [5.74, 6) is 0.493. The van der Waals surface area contributed by atoms with Crippen LogP contribution in [0.4, 0.5) is 5.69 Å². The van der Waals surface area contributed by atoms with Crippen molar-refractivity contribution in [3.8, 4) is 11.8 Å². The number of anilines is 1. The third kappa shape index (κ3) is 3.39. The van der Waals surface area contributed by atoms with Gasteiger partial charge in [-0.25, -0.2) is 4.68 Å². The second-order valence-corrected chi connectivity index (χ2v) is 4.42. The summed E-state index contributed by atoms with van der Waals surface area (Å²) >= 11 is 0. The molecule has 108 valence electrons. The molecule has 21 heavy (non-hydrogen) atoms. The maximum Gasteiger partial charge on any atom is 0.269 e. The Balaban J connectivity index is 2.26. The average molecular weight is 284 g/mol. The third-order valence-corrected chi connectivity index (χ3v) is 2.97. The first-order valence-electron chi connectivity index (χ1n) is 6.56. The number of nitrogens with one attached hydrogen (secondary N) is 1. The molecule has 0 unspecified atom stereocenters. The summed E-state index contributed by atoms with van der Waals surface area (Å²) in [6.45, 7) is 3.01. The molecular weight excluding hydrogens is 268 g/mol. The van der Waals surface area contributed by atoms with Gasteiger partial charge in [-0.15, -0.1) is 0 Å². The van der Waals surface area contributed by atoms with E-state index in [0.29, 0.717) is 23.5 Å². The van der Waals surface area contributed by atoms with E-state index in [-0.39, 0.29) is 5.56 Å². The molecule has 6 heteroatoms. The van der Waals surface area contributed by atoms with Gasteiger partial charge in [-0.1, -0.05) is 6.07 Å². The van der Waals surface area contributed by atoms with E-state index in [1.54, 1.807) is 24.4 Å². The highest BCUT2D eigenvalue weighted by Crippen LogP contribution is 2.19. The zero-order valence-electron chi connectivity index (χ0n) is 12.0. The van der Waals surface area contributed by atoms with Gasteiger partial charge in [0.25, 0.3) is 5.56 Å². The van der Waals surface area contributed by atoms with Gasteiger partial charge in [-0.2, -0.15) is 10.4 Å². The van der Waals surface area contributed by atoms with Gasteiger partial charge in [0.05, 0.1) is 31.1 Å². The lowest BCUT2D eigenvalue weighted by molar-refractivity contribution is 0.412. The molecule has 0 saturated carbocycles. The quantitative estimate of drug-likeness (QED) is 0.902. The fraction of sp³-hybridized carbons (Fsp3) is 0.267. The predicted octanol–water partition coefficient (Wildman–Crippen LogP) is 1.60. The van der Waals surface area contributed by atoms with Crippen molar-refractivity contribution in [2.45, 2.75) is 13.5 Å². The lowest BCUT2D eigenvalue weighted by Gasteiger charge is -2.09. The van der Waals surface area contributed by atoms with Gasteiger partial charge < -0.3 is 10.1 Å². The Hall–Kier alpha value is -2.81. The van der Waals surface area contributed by atoms with Crippen molar-refractivity contribution in [1.29, 1.82) is 5.26 Å². The SMILES string of the molecule is CCNc1cnn(Cc2ccc(C#N)c(OC)c2)c(=O)c1. The molecular formula is C15H16N4O2. The minimum atomic E-state index is -0.184. The first-order chi connectivity index (χ1) is 10.2. The van der Waals surface area contributed by atoms with E-state index in [1.165, 1.54) is 17.9 Å². The Morgan fingerprint density at radius 1 is 1.43 bits per heavy atom. The Bertz CT molecular complexity index is 731. The molecule has 0 bridgehead atoms. The average Bonchev–Trinajstić information content (AvgIpc) is 2.50. The number of methoxy groups -OCH3 is 1. The summed E-state index contributed by atoms with van der Waals surface area (Å²) in [5.41, 5.74) is 1.83. The van der Waals surface area contributed by atoms with Crippen LogP contribution in [0.2, 0.25) is 0 Å². The van der Waals surface area contributed by atoms with Gasteiger partial charge in [0.2, 0.25) is 0 Å². The summed E-state index contributed by atoms with van der Waals surface area (Å²) in [6.07, 6.45) is 1.62. The van der Waals surface area contributed by atoms with Crippen LogP contribution in [0.1, 0.15) is 18.1 Å². The molecule has 0 spiro atoms. The van der Waals surface area contributed by atoms with Crippen LogP contribution in [0.25, 0.3) is 0 Å². The maximum atomic E-state index is 12.0. The van der Waals surface area contributed by atoms with Crippen LogP contribution in [0.3, 0.4) is 0 Å². The topological polar surface area (TPSA) is 79.9 Å². The lowest BCUT2D eigenvalue weighted by Crippen LogP contribution is -2.23. The zero-order chi connectivity index (χ0) is 15.2. The van der Waals surface area contributed by atoms with Crippen molar-refractivity contribution < 1.29 is 4.74 Å². The number of hydrogen-bond donors (Lipinski definition) is 1. The van der Waals surface area contributed by atoms with E-state index in [1.807, 2.05) is 6.92 Å². The van der Waals surface area contributed by atoms with Crippen LogP contribution in [0.15, 0.2) is 35.3 Å². The van der Waals surface area contributed by atoms with Crippen molar-refractivity contribution >= 4 is 5.69 Å². The van der Waals surface area contributed by atoms with E-state index in [9.17, 15) is 4.79 Å². The second-order valence-electron chi connectivity index (χ2n) is 4.42. The lowest BCUT2D eigenvalue weighted by atomic mass is 10.1. The Labute approximate surface area is 122 Å². The molecule has 0 aliphatic carbocycles. The van der Waals surface area contributed by atoms with Crippen molar-refractivity contribution in [3.05, 3.63) is 51.9 Å². The number of nitriles is 1. The number of aromatic nitrogens is 2. The molecule has 0 aliphatic heterocycles. The molecule has 0 radical (unpaired) electrons. The van der Waals surface area contributed by atoms with Gasteiger partial charge in [-0.3, -0.25) is 4.79 Å². The molecule has 0 amide bonds. The normalized spacial score (nSPS) is 9.95. The van der Waals surface area contributed by atoms with Crippen LogP contribution >= 0.6 is 0 Å². The fourth-order valence-electron chi connectivity index (χ4n) is 1.95. The van der Waals surface area contributed by atoms with Crippen LogP contribution in [0, 0.1) is 11.3 Å². The van der Waals surface area contributed by atoms with Gasteiger partial charge in [0.1, 0.15) is 11.8 Å². The van der Waals surface area contributed by atoms with Crippen LogP contribution < -0.4 is 15.6 Å². The molecule has 0 fully saturated rings. The first-order valence-corrected chi connectivity index (χ1v) is 6.56. The van der Waals surface area contributed by atoms with E-state index in [0.717, 1.165) is 12.1 Å². The van der Waals surface area contributed by atoms with Crippen molar-refractivity contribution in [2.75, 3.05) is 19.0 Å². The maximum absolute atomic E-state index is 12.0. The number of rotatable bonds is 5. The second kappa shape index (κ2) is 6.57. The summed E-state index contributed by atoms with van der Waals surface area (Å²) in [4.78, 5) is 12.0. The molecule has 0 saturated heterocycles. The monoisotopic (exact) mass is 284 g/mol. The number of nitrogens with zero attached hydrogens (tertiary/aromatic N) is 3. The molecule has 2 aromatic rings. The summed E-state index contributed by atoms with van der Waals surface area (Å²) in [6, 6.07) is 8.76. The zero-order valence-corrected chi connectivity index (χ0v) is 12.0. The molecule has 1 heterocycles. The summed E-state index contributed by atoms with van der Waals surface area (Å²) < 4.78 is 6.52. The predicted molar refractivity (Wildman–Crippen MR) is 79.5 cm³/mol. The highest BCUT2D eigenvalue weighted by atomic mass is 16.5. The molecule has 1 N–H and O–H groups in total. The van der Waals surface area contributed by atoms with Gasteiger partial charge in [-0.05, 0) is 24.6 Å². The smallest absolute Gasteiger partial charge is 0.269 e. The first kappa shape index (κ1) is 14.6. The summed E-state index contributed by atoms with van der Waals surface area (Å²) in [5, 5.41) is 16.1. The molecule has 2 rings (SSSR count). The van der Waals surface area contributed by atoms with Crippen LogP contribution in [-0.2, 0) is 6.54 Å². The molecule has 0 atom stereocenters. The number of ether oxygens (including phenoxy) is 1. The van der Waals surface area contributed by atoms with Crippen LogP contribution in [0.5, 0.6) is 5.75 Å². The Kier molecular flexibility index (Phi) is 4.57. The minimum absolute atomic E-state index is 0.184. The van der Waals surface area contributed by atoms with E-state index in [4.69, 9.17) is 10.00 Å². The molecule has 0 aliphatic rings. The van der Waals surface area contributed by atoms with E-state index >= 15 is 0 Å². The standard InChI is InChI=1S/C15H16N4O2/c1-3-17-13-7-15(20)19(18-9-13)10-11-4-5-12(8-16)14(6-11)21-2/h4-7,9,17H,3,10H2,1-2H3. The molecule has 6 nitrogen and oxygen atoms in total. The van der Waals surface area contributed by atoms with Gasteiger partial charge in [0, 0.05) is 12.6 Å². The Morgan fingerprint density at radius 3 is 2.86 bits per heavy atom. The van der Waals surface area contributed by atoms with Crippen molar-refractivity contribution in [3.63, 3.8) is 0 Å². The van der Waals surface area contributed by atoms with Gasteiger partial charge in [0.15, 0.2) is 0 Å². The van der Waals surface area contributed by atoms with E-state index < -0.39 is 0 Å². The fourth-order valence-corrected chi connectivity index (χ4v) is 1.95. The highest BCUT2D eigenvalue weighted by Gasteiger charge is 2.06. The largest absolute Gasteiger partial charge is 0.495 e. The molecule has 1 aromatic heterocycles. The highest BCUT2D eigenvalue weighted by molar-refractivity contribution is 5.45. The Morgan fingerprint density at radius 2 is 2.24 bits per heavy atom. The van der Waals surface area contributed by atoms with Crippen molar-refractivity contribution in [2.24, 2.45) is 0 Å². The molecule has 1 aromatic carbocycles. The summed E-state index contributed by atoms with van der Waals surface area (Å²) in [7, 11) is 1.51. The third-order valence-electron chi connectivity index (χ3n) is 2.97. The minimum Gasteiger partial charge on any atom is -0.495 e. The van der Waals surface area contributed by atoms with Crippen molar-refractivity contribution in [1.82, 2.24) is 9.78 Å². The van der Waals surface area contributed by atoms with E-state index in [2.05, 4.69) is 16.5 Å². The van der Waals surface area contributed by atoms with Gasteiger partial charge >= 0.3 is 0 Å². The number of hydrogen-bond acceptors (Lipinski definition) is 5. The number of benzene rings is 1.